The molecule has 0 fully saturated rings. The van der Waals surface area contributed by atoms with E-state index in [0.29, 0.717) is 11.6 Å². The maximum Gasteiger partial charge on any atom is 0.252 e. The molecule has 0 amide bonds. The number of aromatic nitrogens is 2. The molecule has 0 aliphatic heterocycles. The second-order valence-corrected chi connectivity index (χ2v) is 5.52. The summed E-state index contributed by atoms with van der Waals surface area (Å²) in [6.07, 6.45) is 0. The van der Waals surface area contributed by atoms with Crippen LogP contribution in [0.15, 0.2) is 70.6 Å². The molecule has 0 saturated carbocycles. The zero-order chi connectivity index (χ0) is 16.9. The van der Waals surface area contributed by atoms with Crippen LogP contribution in [-0.4, -0.2) is 15.7 Å². The van der Waals surface area contributed by atoms with Gasteiger partial charge < -0.3 is 0 Å². The highest BCUT2D eigenvalue weighted by Crippen LogP contribution is 2.15. The van der Waals surface area contributed by atoms with Crippen molar-refractivity contribution in [2.24, 2.45) is 5.10 Å². The second kappa shape index (κ2) is 6.91. The third-order valence-electron chi connectivity index (χ3n) is 3.61. The summed E-state index contributed by atoms with van der Waals surface area (Å²) in [7, 11) is 0. The van der Waals surface area contributed by atoms with Gasteiger partial charge >= 0.3 is 0 Å². The van der Waals surface area contributed by atoms with Gasteiger partial charge in [0.25, 0.3) is 5.56 Å². The quantitative estimate of drug-likeness (QED) is 0.570. The number of hydrazone groups is 1. The molecule has 0 aliphatic carbocycles. The summed E-state index contributed by atoms with van der Waals surface area (Å²) in [5.41, 5.74) is 7.10. The molecule has 0 saturated heterocycles. The van der Waals surface area contributed by atoms with E-state index >= 15 is 0 Å². The van der Waals surface area contributed by atoms with Crippen molar-refractivity contribution in [3.63, 3.8) is 0 Å². The molecule has 3 rings (SSSR count). The predicted molar refractivity (Wildman–Crippen MR) is 97.3 cm³/mol. The van der Waals surface area contributed by atoms with Gasteiger partial charge in [-0.2, -0.15) is 5.10 Å². The van der Waals surface area contributed by atoms with Gasteiger partial charge in [-0.15, -0.1) is 0 Å². The van der Waals surface area contributed by atoms with Gasteiger partial charge in [0.1, 0.15) is 0 Å². The Morgan fingerprint density at radius 1 is 1.08 bits per heavy atom. The third-order valence-corrected chi connectivity index (χ3v) is 3.61. The number of aryl methyl sites for hydroxylation is 1. The highest BCUT2D eigenvalue weighted by atomic mass is 16.1. The van der Waals surface area contributed by atoms with E-state index in [4.69, 9.17) is 0 Å². The Morgan fingerprint density at radius 3 is 2.50 bits per heavy atom. The number of hydrogen-bond donors (Lipinski definition) is 2. The first kappa shape index (κ1) is 15.7. The average Bonchev–Trinajstić information content (AvgIpc) is 2.60. The molecule has 0 atom stereocenters. The van der Waals surface area contributed by atoms with Gasteiger partial charge in [0, 0.05) is 11.6 Å². The minimum absolute atomic E-state index is 0.227. The molecule has 0 aliphatic rings. The number of hydrogen-bond acceptors (Lipinski definition) is 4. The summed E-state index contributed by atoms with van der Waals surface area (Å²) in [4.78, 5) is 18.9. The lowest BCUT2D eigenvalue weighted by molar-refractivity contribution is 1.08. The molecule has 2 aromatic carbocycles. The van der Waals surface area contributed by atoms with Crippen molar-refractivity contribution in [3.05, 3.63) is 82.1 Å². The molecular formula is C19H18N4O. The SMILES string of the molecule is CC(=NNc1nc(-c2ccccc2)cc(=O)[nH]1)c1ccc(C)cc1. The van der Waals surface area contributed by atoms with Gasteiger partial charge in [-0.05, 0) is 19.4 Å². The van der Waals surface area contributed by atoms with Crippen molar-refractivity contribution < 1.29 is 0 Å². The van der Waals surface area contributed by atoms with Crippen LogP contribution in [0.3, 0.4) is 0 Å². The molecule has 5 heteroatoms. The Balaban J connectivity index is 1.85. The maximum absolute atomic E-state index is 11.9. The molecule has 0 spiro atoms. The van der Waals surface area contributed by atoms with E-state index in [1.165, 1.54) is 11.6 Å². The number of aromatic amines is 1. The van der Waals surface area contributed by atoms with Crippen LogP contribution in [0.2, 0.25) is 0 Å². The fourth-order valence-corrected chi connectivity index (χ4v) is 2.26. The first-order valence-electron chi connectivity index (χ1n) is 7.66. The van der Waals surface area contributed by atoms with Gasteiger partial charge in [-0.1, -0.05) is 60.2 Å². The number of nitrogens with zero attached hydrogens (tertiary/aromatic N) is 2. The van der Waals surface area contributed by atoms with Crippen molar-refractivity contribution in [1.29, 1.82) is 0 Å². The van der Waals surface area contributed by atoms with Crippen molar-refractivity contribution >= 4 is 11.7 Å². The summed E-state index contributed by atoms with van der Waals surface area (Å²) < 4.78 is 0. The largest absolute Gasteiger partial charge is 0.291 e. The molecule has 24 heavy (non-hydrogen) atoms. The molecule has 1 aromatic heterocycles. The summed E-state index contributed by atoms with van der Waals surface area (Å²) in [6.45, 7) is 3.94. The normalized spacial score (nSPS) is 11.3. The molecule has 3 aromatic rings. The standard InChI is InChI=1S/C19H18N4O/c1-13-8-10-15(11-9-13)14(2)22-23-19-20-17(12-18(24)21-19)16-6-4-3-5-7-16/h3-12H,1-2H3,(H2,20,21,23,24). The molecular weight excluding hydrogens is 300 g/mol. The van der Waals surface area contributed by atoms with E-state index in [1.807, 2.05) is 68.4 Å². The van der Waals surface area contributed by atoms with Crippen LogP contribution in [0.5, 0.6) is 0 Å². The lowest BCUT2D eigenvalue weighted by Gasteiger charge is -2.05. The third kappa shape index (κ3) is 3.76. The molecule has 120 valence electrons. The molecule has 0 unspecified atom stereocenters. The Hall–Kier alpha value is -3.21. The molecule has 0 bridgehead atoms. The minimum Gasteiger partial charge on any atom is -0.291 e. The Kier molecular flexibility index (Phi) is 4.52. The van der Waals surface area contributed by atoms with Crippen molar-refractivity contribution in [2.75, 3.05) is 5.43 Å². The van der Waals surface area contributed by atoms with Crippen LogP contribution in [-0.2, 0) is 0 Å². The molecule has 5 nitrogen and oxygen atoms in total. The lowest BCUT2D eigenvalue weighted by atomic mass is 10.1. The highest BCUT2D eigenvalue weighted by Gasteiger charge is 2.03. The summed E-state index contributed by atoms with van der Waals surface area (Å²) >= 11 is 0. The second-order valence-electron chi connectivity index (χ2n) is 5.52. The summed E-state index contributed by atoms with van der Waals surface area (Å²) in [5, 5.41) is 4.30. The van der Waals surface area contributed by atoms with Crippen LogP contribution in [0.1, 0.15) is 18.1 Å². The smallest absolute Gasteiger partial charge is 0.252 e. The zero-order valence-electron chi connectivity index (χ0n) is 13.6. The van der Waals surface area contributed by atoms with Crippen molar-refractivity contribution in [2.45, 2.75) is 13.8 Å². The van der Waals surface area contributed by atoms with Crippen LogP contribution < -0.4 is 11.0 Å². The van der Waals surface area contributed by atoms with E-state index < -0.39 is 0 Å². The maximum atomic E-state index is 11.9. The zero-order valence-corrected chi connectivity index (χ0v) is 13.6. The van der Waals surface area contributed by atoms with Crippen LogP contribution in [0.4, 0.5) is 5.95 Å². The van der Waals surface area contributed by atoms with Crippen LogP contribution in [0.25, 0.3) is 11.3 Å². The van der Waals surface area contributed by atoms with Gasteiger partial charge in [0.2, 0.25) is 5.95 Å². The average molecular weight is 318 g/mol. The number of anilines is 1. The first-order chi connectivity index (χ1) is 11.6. The summed E-state index contributed by atoms with van der Waals surface area (Å²) in [6, 6.07) is 19.1. The highest BCUT2D eigenvalue weighted by molar-refractivity contribution is 5.99. The molecule has 2 N–H and O–H groups in total. The van der Waals surface area contributed by atoms with Gasteiger partial charge in [0.15, 0.2) is 0 Å². The van der Waals surface area contributed by atoms with E-state index in [-0.39, 0.29) is 5.56 Å². The van der Waals surface area contributed by atoms with E-state index in [0.717, 1.165) is 16.8 Å². The predicted octanol–water partition coefficient (Wildman–Crippen LogP) is 3.58. The fraction of sp³-hybridized carbons (Fsp3) is 0.105. The molecule has 1 heterocycles. The Bertz CT molecular complexity index is 912. The van der Waals surface area contributed by atoms with E-state index in [2.05, 4.69) is 20.5 Å². The van der Waals surface area contributed by atoms with Gasteiger partial charge in [-0.25, -0.2) is 10.4 Å². The first-order valence-corrected chi connectivity index (χ1v) is 7.66. The van der Waals surface area contributed by atoms with E-state index in [9.17, 15) is 4.79 Å². The van der Waals surface area contributed by atoms with Crippen molar-refractivity contribution in [1.82, 2.24) is 9.97 Å². The molecule has 0 radical (unpaired) electrons. The van der Waals surface area contributed by atoms with Gasteiger partial charge in [-0.3, -0.25) is 9.78 Å². The fourth-order valence-electron chi connectivity index (χ4n) is 2.26. The number of nitrogens with one attached hydrogen (secondary N) is 2. The Morgan fingerprint density at radius 2 is 1.79 bits per heavy atom. The van der Waals surface area contributed by atoms with E-state index in [1.54, 1.807) is 0 Å². The topological polar surface area (TPSA) is 70.1 Å². The van der Waals surface area contributed by atoms with Crippen LogP contribution in [0, 0.1) is 6.92 Å². The number of H-pyrrole nitrogens is 1. The minimum atomic E-state index is -0.227. The number of benzene rings is 2. The monoisotopic (exact) mass is 318 g/mol. The summed E-state index contributed by atoms with van der Waals surface area (Å²) in [5.74, 6) is 0.313. The lowest BCUT2D eigenvalue weighted by Crippen LogP contribution is -2.11. The number of rotatable bonds is 4. The van der Waals surface area contributed by atoms with Gasteiger partial charge in [0.05, 0.1) is 11.4 Å². The van der Waals surface area contributed by atoms with Crippen LogP contribution >= 0.6 is 0 Å². The Labute approximate surface area is 140 Å². The van der Waals surface area contributed by atoms with Crippen molar-refractivity contribution in [3.8, 4) is 11.3 Å².